The molecule has 1 fully saturated rings. The van der Waals surface area contributed by atoms with Crippen molar-refractivity contribution in [2.75, 3.05) is 20.2 Å². The molecule has 2 heterocycles. The van der Waals surface area contributed by atoms with Crippen LogP contribution in [0.1, 0.15) is 19.3 Å². The molecule has 0 spiro atoms. The quantitative estimate of drug-likeness (QED) is 0.913. The molecular weight excluding hydrogens is 308 g/mol. The zero-order valence-corrected chi connectivity index (χ0v) is 13.2. The number of methoxy groups -OCH3 is 1. The Kier molecular flexibility index (Phi) is 6.07. The van der Waals surface area contributed by atoms with Crippen LogP contribution >= 0.6 is 23.7 Å². The molecule has 1 aliphatic heterocycles. The molecule has 1 aromatic heterocycles. The minimum Gasteiger partial charge on any atom is -0.494 e. The maximum atomic E-state index is 12.6. The van der Waals surface area contributed by atoms with Crippen LogP contribution in [0, 0.1) is 0 Å². The molecule has 0 bridgehead atoms. The number of rotatable bonds is 4. The molecule has 2 N–H and O–H groups in total. The predicted molar refractivity (Wildman–Crippen MR) is 78.7 cm³/mol. The summed E-state index contributed by atoms with van der Waals surface area (Å²) >= 11 is 1.19. The number of nitrogens with zero attached hydrogens (tertiary/aromatic N) is 1. The number of hydrogen-bond donors (Lipinski definition) is 1. The second-order valence-corrected chi connectivity index (χ2v) is 7.28. The largest absolute Gasteiger partial charge is 0.494 e. The molecule has 110 valence electrons. The van der Waals surface area contributed by atoms with Gasteiger partial charge in [0.15, 0.2) is 4.21 Å². The summed E-state index contributed by atoms with van der Waals surface area (Å²) < 4.78 is 32.1. The summed E-state index contributed by atoms with van der Waals surface area (Å²) in [7, 11) is -1.99. The van der Waals surface area contributed by atoms with Crippen molar-refractivity contribution in [3.63, 3.8) is 0 Å². The van der Waals surface area contributed by atoms with Crippen molar-refractivity contribution in [2.24, 2.45) is 5.73 Å². The van der Waals surface area contributed by atoms with Gasteiger partial charge in [-0.15, -0.1) is 23.7 Å². The van der Waals surface area contributed by atoms with Gasteiger partial charge in [-0.3, -0.25) is 0 Å². The minimum atomic E-state index is -3.48. The zero-order valence-electron chi connectivity index (χ0n) is 10.7. The lowest BCUT2D eigenvalue weighted by molar-refractivity contribution is 0.257. The fraction of sp³-hybridized carbons (Fsp3) is 0.636. The van der Waals surface area contributed by atoms with Gasteiger partial charge in [-0.05, 0) is 24.3 Å². The van der Waals surface area contributed by atoms with E-state index in [4.69, 9.17) is 10.5 Å². The number of nitrogens with two attached hydrogens (primary N) is 1. The molecule has 1 unspecified atom stereocenters. The lowest BCUT2D eigenvalue weighted by atomic mass is 10.1. The molecule has 0 saturated carbocycles. The van der Waals surface area contributed by atoms with Crippen LogP contribution in [0.3, 0.4) is 0 Å². The van der Waals surface area contributed by atoms with Gasteiger partial charge in [0.2, 0.25) is 0 Å². The number of halogens is 1. The van der Waals surface area contributed by atoms with Crippen molar-refractivity contribution in [1.29, 1.82) is 0 Å². The Morgan fingerprint density at radius 3 is 2.89 bits per heavy atom. The van der Waals surface area contributed by atoms with E-state index in [2.05, 4.69) is 0 Å². The normalized spacial score (nSPS) is 20.8. The third-order valence-corrected chi connectivity index (χ3v) is 6.58. The molecule has 2 rings (SSSR count). The first-order valence-corrected chi connectivity index (χ1v) is 8.26. The highest BCUT2D eigenvalue weighted by Crippen LogP contribution is 2.34. The highest BCUT2D eigenvalue weighted by Gasteiger charge is 2.35. The van der Waals surface area contributed by atoms with Crippen LogP contribution in [0.25, 0.3) is 0 Å². The maximum absolute atomic E-state index is 12.6. The molecule has 5 nitrogen and oxygen atoms in total. The van der Waals surface area contributed by atoms with E-state index < -0.39 is 10.0 Å². The Hall–Kier alpha value is -0.340. The van der Waals surface area contributed by atoms with Crippen LogP contribution in [0.2, 0.25) is 0 Å². The summed E-state index contributed by atoms with van der Waals surface area (Å²) in [5.41, 5.74) is 5.68. The van der Waals surface area contributed by atoms with Crippen molar-refractivity contribution in [3.8, 4) is 5.75 Å². The summed E-state index contributed by atoms with van der Waals surface area (Å²) in [5, 5.41) is 1.73. The van der Waals surface area contributed by atoms with Crippen LogP contribution in [0.5, 0.6) is 5.75 Å². The minimum absolute atomic E-state index is 0. The van der Waals surface area contributed by atoms with Crippen molar-refractivity contribution in [2.45, 2.75) is 29.5 Å². The number of piperidine rings is 1. The number of sulfonamides is 1. The highest BCUT2D eigenvalue weighted by molar-refractivity contribution is 7.91. The average Bonchev–Trinajstić information content (AvgIpc) is 2.87. The predicted octanol–water partition coefficient (Wildman–Crippen LogP) is 1.68. The van der Waals surface area contributed by atoms with E-state index in [1.807, 2.05) is 0 Å². The fourth-order valence-corrected chi connectivity index (χ4v) is 5.35. The number of hydrogen-bond acceptors (Lipinski definition) is 5. The summed E-state index contributed by atoms with van der Waals surface area (Å²) in [5.74, 6) is 0.418. The highest BCUT2D eigenvalue weighted by atomic mass is 35.5. The van der Waals surface area contributed by atoms with Gasteiger partial charge in [-0.25, -0.2) is 8.42 Å². The Morgan fingerprint density at radius 2 is 2.26 bits per heavy atom. The van der Waals surface area contributed by atoms with E-state index in [1.165, 1.54) is 22.8 Å². The van der Waals surface area contributed by atoms with Crippen molar-refractivity contribution < 1.29 is 13.2 Å². The Morgan fingerprint density at radius 1 is 1.53 bits per heavy atom. The van der Waals surface area contributed by atoms with E-state index in [0.717, 1.165) is 19.3 Å². The molecule has 19 heavy (non-hydrogen) atoms. The van der Waals surface area contributed by atoms with Crippen molar-refractivity contribution in [1.82, 2.24) is 4.31 Å². The Bertz CT molecular complexity index is 504. The maximum Gasteiger partial charge on any atom is 0.256 e. The van der Waals surface area contributed by atoms with Crippen LogP contribution in [0.15, 0.2) is 15.7 Å². The average molecular weight is 327 g/mol. The lowest BCUT2D eigenvalue weighted by Gasteiger charge is -2.33. The topological polar surface area (TPSA) is 72.6 Å². The van der Waals surface area contributed by atoms with E-state index >= 15 is 0 Å². The Labute approximate surface area is 124 Å². The van der Waals surface area contributed by atoms with Gasteiger partial charge in [0.05, 0.1) is 7.11 Å². The molecule has 8 heteroatoms. The molecule has 1 aliphatic rings. The van der Waals surface area contributed by atoms with E-state index in [1.54, 1.807) is 11.4 Å². The third-order valence-electron chi connectivity index (χ3n) is 3.20. The molecule has 0 aromatic carbocycles. The van der Waals surface area contributed by atoms with Crippen molar-refractivity contribution >= 4 is 33.8 Å². The van der Waals surface area contributed by atoms with E-state index in [-0.39, 0.29) is 22.7 Å². The second-order valence-electron chi connectivity index (χ2n) is 4.28. The summed E-state index contributed by atoms with van der Waals surface area (Å²) in [6.07, 6.45) is 2.77. The van der Waals surface area contributed by atoms with Gasteiger partial charge in [-0.2, -0.15) is 4.31 Å². The first kappa shape index (κ1) is 16.7. The SMILES string of the molecule is COc1ccsc1S(=O)(=O)N1CCCCC1CN.Cl. The molecule has 1 aromatic rings. The van der Waals surface area contributed by atoms with Crippen molar-refractivity contribution in [3.05, 3.63) is 11.4 Å². The molecule has 0 aliphatic carbocycles. The number of thiophene rings is 1. The lowest BCUT2D eigenvalue weighted by Crippen LogP contribution is -2.47. The molecular formula is C11H19ClN2O3S2. The monoisotopic (exact) mass is 326 g/mol. The van der Waals surface area contributed by atoms with Crippen LogP contribution < -0.4 is 10.5 Å². The zero-order chi connectivity index (χ0) is 13.2. The van der Waals surface area contributed by atoms with Gasteiger partial charge in [0.25, 0.3) is 10.0 Å². The first-order chi connectivity index (χ1) is 8.61. The second kappa shape index (κ2) is 6.90. The fourth-order valence-electron chi connectivity index (χ4n) is 2.26. The van der Waals surface area contributed by atoms with Gasteiger partial charge in [-0.1, -0.05) is 6.42 Å². The first-order valence-electron chi connectivity index (χ1n) is 5.94. The van der Waals surface area contributed by atoms with Crippen LogP contribution in [0.4, 0.5) is 0 Å². The van der Waals surface area contributed by atoms with Crippen LogP contribution in [-0.2, 0) is 10.0 Å². The summed E-state index contributed by atoms with van der Waals surface area (Å²) in [6.45, 7) is 0.915. The summed E-state index contributed by atoms with van der Waals surface area (Å²) in [6, 6.07) is 1.59. The molecule has 1 saturated heterocycles. The number of ether oxygens (including phenoxy) is 1. The van der Waals surface area contributed by atoms with E-state index in [9.17, 15) is 8.42 Å². The summed E-state index contributed by atoms with van der Waals surface area (Å²) in [4.78, 5) is 0. The van der Waals surface area contributed by atoms with Gasteiger partial charge < -0.3 is 10.5 Å². The smallest absolute Gasteiger partial charge is 0.256 e. The molecule has 0 radical (unpaired) electrons. The standard InChI is InChI=1S/C11H18N2O3S2.ClH/c1-16-10-5-7-17-11(10)18(14,15)13-6-3-2-4-9(13)8-12;/h5,7,9H,2-4,6,8,12H2,1H3;1H. The van der Waals surface area contributed by atoms with Crippen LogP contribution in [-0.4, -0.2) is 39.0 Å². The molecule has 1 atom stereocenters. The van der Waals surface area contributed by atoms with Gasteiger partial charge in [0, 0.05) is 19.1 Å². The Balaban J connectivity index is 0.00000180. The van der Waals surface area contributed by atoms with E-state index in [0.29, 0.717) is 18.8 Å². The van der Waals surface area contributed by atoms with Gasteiger partial charge >= 0.3 is 0 Å². The third kappa shape index (κ3) is 3.22. The molecule has 0 amide bonds. The van der Waals surface area contributed by atoms with Gasteiger partial charge in [0.1, 0.15) is 5.75 Å².